The van der Waals surface area contributed by atoms with E-state index >= 15 is 0 Å². The van der Waals surface area contributed by atoms with Crippen LogP contribution >= 0.6 is 0 Å². The normalized spacial score (nSPS) is 19.0. The first-order valence-electron chi connectivity index (χ1n) is 7.58. The quantitative estimate of drug-likeness (QED) is 0.603. The van der Waals surface area contributed by atoms with Crippen LogP contribution in [0.3, 0.4) is 0 Å². The van der Waals surface area contributed by atoms with Crippen molar-refractivity contribution in [2.24, 2.45) is 11.3 Å². The minimum atomic E-state index is -0.757. The summed E-state index contributed by atoms with van der Waals surface area (Å²) in [5, 5.41) is 14.9. The summed E-state index contributed by atoms with van der Waals surface area (Å²) in [6, 6.07) is 0. The zero-order valence-corrected chi connectivity index (χ0v) is 12.7. The number of nitrogens with one attached hydrogen (secondary N) is 2. The van der Waals surface area contributed by atoms with E-state index in [0.29, 0.717) is 25.3 Å². The molecule has 0 aliphatic carbocycles. The van der Waals surface area contributed by atoms with Gasteiger partial charge in [0.15, 0.2) is 0 Å². The lowest BCUT2D eigenvalue weighted by Gasteiger charge is -2.23. The summed E-state index contributed by atoms with van der Waals surface area (Å²) in [6.07, 6.45) is 4.39. The maximum Gasteiger partial charge on any atom is 0.303 e. The van der Waals surface area contributed by atoms with Crippen LogP contribution in [0, 0.1) is 11.3 Å². The van der Waals surface area contributed by atoms with Crippen LogP contribution in [-0.4, -0.2) is 36.6 Å². The van der Waals surface area contributed by atoms with Crippen LogP contribution in [0.2, 0.25) is 0 Å². The highest BCUT2D eigenvalue weighted by atomic mass is 16.4. The first-order valence-corrected chi connectivity index (χ1v) is 7.58. The minimum absolute atomic E-state index is 0.0406. The number of rotatable bonds is 9. The van der Waals surface area contributed by atoms with E-state index in [-0.39, 0.29) is 17.7 Å². The van der Waals surface area contributed by atoms with Crippen LogP contribution in [0.25, 0.3) is 0 Å². The van der Waals surface area contributed by atoms with Crippen LogP contribution in [0.5, 0.6) is 0 Å². The molecule has 1 atom stereocenters. The second-order valence-corrected chi connectivity index (χ2v) is 6.56. The Morgan fingerprint density at radius 3 is 2.65 bits per heavy atom. The topological polar surface area (TPSA) is 78.4 Å². The lowest BCUT2D eigenvalue weighted by molar-refractivity contribution is -0.137. The predicted molar refractivity (Wildman–Crippen MR) is 78.5 cm³/mol. The average molecular weight is 284 g/mol. The first-order chi connectivity index (χ1) is 9.39. The van der Waals surface area contributed by atoms with Gasteiger partial charge in [-0.1, -0.05) is 13.8 Å². The molecule has 0 saturated carbocycles. The largest absolute Gasteiger partial charge is 0.481 e. The third-order valence-electron chi connectivity index (χ3n) is 4.08. The molecule has 0 bridgehead atoms. The lowest BCUT2D eigenvalue weighted by Crippen LogP contribution is -2.28. The van der Waals surface area contributed by atoms with Gasteiger partial charge in [0.1, 0.15) is 0 Å². The SMILES string of the molecule is CC(C)(CCNC(=O)CCC1CCNC1)CCC(=O)O. The molecule has 3 N–H and O–H groups in total. The maximum atomic E-state index is 11.7. The van der Waals surface area contributed by atoms with E-state index in [1.54, 1.807) is 0 Å². The molecule has 1 aliphatic rings. The predicted octanol–water partition coefficient (Wildman–Crippen LogP) is 1.77. The fourth-order valence-corrected chi connectivity index (χ4v) is 2.50. The second-order valence-electron chi connectivity index (χ2n) is 6.56. The molecular weight excluding hydrogens is 256 g/mol. The molecule has 0 aromatic heterocycles. The van der Waals surface area contributed by atoms with Gasteiger partial charge in [0.05, 0.1) is 0 Å². The molecule has 20 heavy (non-hydrogen) atoms. The van der Waals surface area contributed by atoms with Crippen molar-refractivity contribution in [2.75, 3.05) is 19.6 Å². The molecule has 5 heteroatoms. The molecule has 1 rings (SSSR count). The molecule has 0 aromatic rings. The van der Waals surface area contributed by atoms with E-state index < -0.39 is 5.97 Å². The summed E-state index contributed by atoms with van der Waals surface area (Å²) in [5.41, 5.74) is -0.0406. The summed E-state index contributed by atoms with van der Waals surface area (Å²) >= 11 is 0. The minimum Gasteiger partial charge on any atom is -0.481 e. The van der Waals surface area contributed by atoms with Gasteiger partial charge in [-0.05, 0) is 50.1 Å². The van der Waals surface area contributed by atoms with Gasteiger partial charge >= 0.3 is 5.97 Å². The fourth-order valence-electron chi connectivity index (χ4n) is 2.50. The Bertz CT molecular complexity index is 323. The van der Waals surface area contributed by atoms with Gasteiger partial charge in [0, 0.05) is 19.4 Å². The van der Waals surface area contributed by atoms with Gasteiger partial charge < -0.3 is 15.7 Å². The standard InChI is InChI=1S/C15H28N2O3/c1-15(2,7-5-14(19)20)8-10-17-13(18)4-3-12-6-9-16-11-12/h12,16H,3-11H2,1-2H3,(H,17,18)(H,19,20). The molecule has 1 fully saturated rings. The van der Waals surface area contributed by atoms with Crippen molar-refractivity contribution in [3.8, 4) is 0 Å². The van der Waals surface area contributed by atoms with E-state index in [1.807, 2.05) is 13.8 Å². The average Bonchev–Trinajstić information content (AvgIpc) is 2.87. The Hall–Kier alpha value is -1.10. The molecule has 1 heterocycles. The highest BCUT2D eigenvalue weighted by Crippen LogP contribution is 2.26. The Balaban J connectivity index is 2.09. The Kier molecular flexibility index (Phi) is 6.99. The summed E-state index contributed by atoms with van der Waals surface area (Å²) in [4.78, 5) is 22.3. The molecule has 1 saturated heterocycles. The third kappa shape index (κ3) is 7.48. The number of aliphatic carboxylic acids is 1. The summed E-state index contributed by atoms with van der Waals surface area (Å²) in [7, 11) is 0. The number of hydrogen-bond acceptors (Lipinski definition) is 3. The van der Waals surface area contributed by atoms with Crippen molar-refractivity contribution in [3.63, 3.8) is 0 Å². The zero-order chi connectivity index (χ0) is 15.0. The van der Waals surface area contributed by atoms with E-state index in [4.69, 9.17) is 5.11 Å². The van der Waals surface area contributed by atoms with E-state index in [9.17, 15) is 9.59 Å². The van der Waals surface area contributed by atoms with Gasteiger partial charge in [-0.15, -0.1) is 0 Å². The summed E-state index contributed by atoms with van der Waals surface area (Å²) in [5.74, 6) is 0.00553. The molecule has 0 aromatic carbocycles. The van der Waals surface area contributed by atoms with Gasteiger partial charge in [-0.2, -0.15) is 0 Å². The molecule has 116 valence electrons. The summed E-state index contributed by atoms with van der Waals surface area (Å²) < 4.78 is 0. The van der Waals surface area contributed by atoms with Crippen molar-refractivity contribution < 1.29 is 14.7 Å². The van der Waals surface area contributed by atoms with Crippen molar-refractivity contribution in [1.82, 2.24) is 10.6 Å². The smallest absolute Gasteiger partial charge is 0.303 e. The fraction of sp³-hybridized carbons (Fsp3) is 0.867. The highest BCUT2D eigenvalue weighted by Gasteiger charge is 2.19. The van der Waals surface area contributed by atoms with Crippen LogP contribution in [0.15, 0.2) is 0 Å². The monoisotopic (exact) mass is 284 g/mol. The molecule has 0 spiro atoms. The van der Waals surface area contributed by atoms with E-state index in [0.717, 1.165) is 25.9 Å². The Morgan fingerprint density at radius 1 is 1.30 bits per heavy atom. The highest BCUT2D eigenvalue weighted by molar-refractivity contribution is 5.75. The van der Waals surface area contributed by atoms with Crippen molar-refractivity contribution in [3.05, 3.63) is 0 Å². The molecule has 1 unspecified atom stereocenters. The number of carboxylic acid groups (broad SMARTS) is 1. The molecule has 0 radical (unpaired) electrons. The van der Waals surface area contributed by atoms with Crippen molar-refractivity contribution >= 4 is 11.9 Å². The Morgan fingerprint density at radius 2 is 2.05 bits per heavy atom. The van der Waals surface area contributed by atoms with Crippen LogP contribution in [0.4, 0.5) is 0 Å². The number of hydrogen-bond donors (Lipinski definition) is 3. The lowest BCUT2D eigenvalue weighted by atomic mass is 9.84. The molecule has 5 nitrogen and oxygen atoms in total. The summed E-state index contributed by atoms with van der Waals surface area (Å²) in [6.45, 7) is 6.84. The number of carbonyl (C=O) groups excluding carboxylic acids is 1. The van der Waals surface area contributed by atoms with Crippen LogP contribution < -0.4 is 10.6 Å². The number of carboxylic acids is 1. The Labute approximate surface area is 121 Å². The number of amides is 1. The maximum absolute atomic E-state index is 11.7. The zero-order valence-electron chi connectivity index (χ0n) is 12.7. The second kappa shape index (κ2) is 8.25. The van der Waals surface area contributed by atoms with Gasteiger partial charge in [-0.25, -0.2) is 0 Å². The van der Waals surface area contributed by atoms with Gasteiger partial charge in [0.2, 0.25) is 5.91 Å². The van der Waals surface area contributed by atoms with Crippen molar-refractivity contribution in [1.29, 1.82) is 0 Å². The van der Waals surface area contributed by atoms with Crippen LogP contribution in [-0.2, 0) is 9.59 Å². The first kappa shape index (κ1) is 17.0. The third-order valence-corrected chi connectivity index (χ3v) is 4.08. The van der Waals surface area contributed by atoms with Crippen molar-refractivity contribution in [2.45, 2.75) is 52.4 Å². The molecular formula is C15H28N2O3. The molecule has 1 amide bonds. The van der Waals surface area contributed by atoms with Crippen LogP contribution in [0.1, 0.15) is 52.4 Å². The molecule has 1 aliphatic heterocycles. The van der Waals surface area contributed by atoms with Gasteiger partial charge in [-0.3, -0.25) is 9.59 Å². The van der Waals surface area contributed by atoms with E-state index in [2.05, 4.69) is 10.6 Å². The number of carbonyl (C=O) groups is 2. The van der Waals surface area contributed by atoms with Gasteiger partial charge in [0.25, 0.3) is 0 Å². The van der Waals surface area contributed by atoms with E-state index in [1.165, 1.54) is 6.42 Å².